The smallest absolute Gasteiger partial charge is 0.408 e. The summed E-state index contributed by atoms with van der Waals surface area (Å²) in [5.74, 6) is 0.670. The van der Waals surface area contributed by atoms with Crippen LogP contribution >= 0.6 is 10.0 Å². The Morgan fingerprint density at radius 2 is 1.76 bits per heavy atom. The predicted molar refractivity (Wildman–Crippen MR) is 198 cm³/mol. The number of nitrogens with one attached hydrogen (secondary N) is 1. The molecular formula is C37H50FN7O5S. The molecule has 0 spiro atoms. The third-order valence-corrected chi connectivity index (χ3v) is 9.75. The maximum atomic E-state index is 15.7. The third-order valence-electron chi connectivity index (χ3n) is 8.36. The van der Waals surface area contributed by atoms with Gasteiger partial charge in [0.15, 0.2) is 11.6 Å². The molecule has 2 amide bonds. The molecule has 4 aromatic rings. The summed E-state index contributed by atoms with van der Waals surface area (Å²) in [6, 6.07) is 7.26. The lowest BCUT2D eigenvalue weighted by Crippen LogP contribution is -2.55. The largest absolute Gasteiger partial charge is 0.453 e. The minimum absolute atomic E-state index is 0.0336. The Balaban J connectivity index is 1.27. The average Bonchev–Trinajstić information content (AvgIpc) is 3.39. The minimum Gasteiger partial charge on any atom is -0.453 e. The summed E-state index contributed by atoms with van der Waals surface area (Å²) in [6.45, 7) is 11.2. The molecule has 0 bridgehead atoms. The quantitative estimate of drug-likeness (QED) is 0.178. The molecule has 12 nitrogen and oxygen atoms in total. The second kappa shape index (κ2) is 16.4. The van der Waals surface area contributed by atoms with Gasteiger partial charge in [-0.15, -0.1) is 0 Å². The van der Waals surface area contributed by atoms with E-state index in [1.165, 1.54) is 6.07 Å². The van der Waals surface area contributed by atoms with Gasteiger partial charge in [0.05, 0.1) is 18.2 Å². The van der Waals surface area contributed by atoms with Crippen LogP contribution in [0.1, 0.15) is 37.5 Å². The molecular weight excluding hydrogens is 674 g/mol. The standard InChI is InChI=1S/C37H50FN7O5S/c1-26-23-45(25-48-18-19-51(5,6)7)34-33(26)32(11-12-39-34)49-31-9-8-27(20-29(31)38)21-30(42-36(47)50-37(2,3)4)35(46)44-16-14-43(15-17-44)24-28-10-13-40-41-22-28/h8-13,20,22-23,30H,14-19,21,24-25H2,1-7H3,(H,42,47)/t30-/m0/s1. The summed E-state index contributed by atoms with van der Waals surface area (Å²) in [6.07, 6.45) is 13.1. The minimum atomic E-state index is -0.962. The fourth-order valence-corrected chi connectivity index (χ4v) is 6.43. The van der Waals surface area contributed by atoms with E-state index in [1.54, 1.807) is 62.5 Å². The highest BCUT2D eigenvalue weighted by molar-refractivity contribution is 8.32. The second-order valence-electron chi connectivity index (χ2n) is 14.7. The first kappa shape index (κ1) is 38.0. The van der Waals surface area contributed by atoms with E-state index >= 15 is 4.39 Å². The van der Waals surface area contributed by atoms with Crippen molar-refractivity contribution in [2.75, 3.05) is 57.3 Å². The molecule has 1 aliphatic heterocycles. The lowest BCUT2D eigenvalue weighted by Gasteiger charge is -2.36. The van der Waals surface area contributed by atoms with Gasteiger partial charge in [-0.2, -0.15) is 10.2 Å². The Morgan fingerprint density at radius 3 is 2.43 bits per heavy atom. The van der Waals surface area contributed by atoms with Gasteiger partial charge in [0.1, 0.15) is 29.8 Å². The number of aromatic nitrogens is 4. The summed E-state index contributed by atoms with van der Waals surface area (Å²) in [5, 5.41) is 11.3. The first-order valence-electron chi connectivity index (χ1n) is 17.1. The first-order chi connectivity index (χ1) is 24.1. The van der Waals surface area contributed by atoms with Crippen molar-refractivity contribution in [3.63, 3.8) is 0 Å². The normalized spacial score (nSPS) is 15.1. The molecule has 1 aliphatic rings. The number of benzene rings is 1. The van der Waals surface area contributed by atoms with Crippen molar-refractivity contribution in [2.24, 2.45) is 0 Å². The predicted octanol–water partition coefficient (Wildman–Crippen LogP) is 5.51. The number of halogens is 1. The van der Waals surface area contributed by atoms with Gasteiger partial charge in [0.2, 0.25) is 5.91 Å². The van der Waals surface area contributed by atoms with Crippen molar-refractivity contribution in [3.8, 4) is 11.5 Å². The molecule has 1 saturated heterocycles. The summed E-state index contributed by atoms with van der Waals surface area (Å²) < 4.78 is 35.1. The maximum Gasteiger partial charge on any atom is 0.408 e. The number of hydrogen-bond donors (Lipinski definition) is 1. The molecule has 1 atom stereocenters. The van der Waals surface area contributed by atoms with Crippen molar-refractivity contribution < 1.29 is 28.2 Å². The molecule has 1 fully saturated rings. The maximum absolute atomic E-state index is 15.7. The van der Waals surface area contributed by atoms with E-state index in [4.69, 9.17) is 14.2 Å². The van der Waals surface area contributed by atoms with Crippen LogP contribution in [0.4, 0.5) is 9.18 Å². The number of rotatable bonds is 13. The number of pyridine rings is 1. The van der Waals surface area contributed by atoms with Crippen molar-refractivity contribution in [1.29, 1.82) is 0 Å². The SMILES string of the molecule is Cc1cn(COCCS(C)(C)C)c2nccc(Oc3ccc(C[C@H](NC(=O)OC(C)(C)C)C(=O)N4CCN(Cc5ccnnc5)CC4)cc3F)c12. The molecule has 276 valence electrons. The van der Waals surface area contributed by atoms with Crippen LogP contribution in [0.3, 0.4) is 0 Å². The van der Waals surface area contributed by atoms with Crippen LogP contribution in [-0.4, -0.2) is 110 Å². The van der Waals surface area contributed by atoms with Crippen molar-refractivity contribution in [1.82, 2.24) is 34.9 Å². The van der Waals surface area contributed by atoms with Crippen LogP contribution < -0.4 is 10.1 Å². The van der Waals surface area contributed by atoms with Gasteiger partial charge in [-0.1, -0.05) is 6.07 Å². The molecule has 0 radical (unpaired) electrons. The zero-order chi connectivity index (χ0) is 36.8. The molecule has 14 heteroatoms. The average molecular weight is 724 g/mol. The Bertz CT molecular complexity index is 1800. The zero-order valence-corrected chi connectivity index (χ0v) is 31.5. The van der Waals surface area contributed by atoms with Crippen LogP contribution in [0.5, 0.6) is 11.5 Å². The Labute approximate surface area is 301 Å². The van der Waals surface area contributed by atoms with E-state index in [1.807, 2.05) is 23.8 Å². The van der Waals surface area contributed by atoms with Crippen LogP contribution in [0, 0.1) is 12.7 Å². The number of carbonyl (C=O) groups excluding carboxylic acids is 2. The highest BCUT2D eigenvalue weighted by Gasteiger charge is 2.31. The second-order valence-corrected chi connectivity index (χ2v) is 19.3. The number of piperazine rings is 1. The molecule has 5 rings (SSSR count). The Kier molecular flexibility index (Phi) is 12.2. The molecule has 4 heterocycles. The monoisotopic (exact) mass is 723 g/mol. The fourth-order valence-electron chi connectivity index (χ4n) is 5.81. The number of carbonyl (C=O) groups is 2. The van der Waals surface area contributed by atoms with E-state index in [0.29, 0.717) is 63.0 Å². The number of hydrogen-bond acceptors (Lipinski definition) is 9. The van der Waals surface area contributed by atoms with E-state index in [0.717, 1.165) is 22.3 Å². The Morgan fingerprint density at radius 1 is 1.00 bits per heavy atom. The van der Waals surface area contributed by atoms with Gasteiger partial charge in [-0.05, 0) is 87.4 Å². The highest BCUT2D eigenvalue weighted by atomic mass is 32.3. The van der Waals surface area contributed by atoms with Gasteiger partial charge < -0.3 is 29.0 Å². The summed E-state index contributed by atoms with van der Waals surface area (Å²) >= 11 is 0. The number of alkyl carbamates (subject to hydrolysis) is 1. The number of fused-ring (bicyclic) bond motifs is 1. The van der Waals surface area contributed by atoms with Crippen LogP contribution in [-0.2, 0) is 34.0 Å². The number of ether oxygens (including phenoxy) is 3. The van der Waals surface area contributed by atoms with Gasteiger partial charge in [0, 0.05) is 63.5 Å². The molecule has 1 N–H and O–H groups in total. The topological polar surface area (TPSA) is 124 Å². The molecule has 0 aliphatic carbocycles. The zero-order valence-electron chi connectivity index (χ0n) is 30.6. The first-order valence-corrected chi connectivity index (χ1v) is 20.1. The summed E-state index contributed by atoms with van der Waals surface area (Å²) in [4.78, 5) is 35.2. The van der Waals surface area contributed by atoms with E-state index in [9.17, 15) is 9.59 Å². The van der Waals surface area contributed by atoms with Gasteiger partial charge >= 0.3 is 6.09 Å². The third kappa shape index (κ3) is 10.9. The fraction of sp³-hybridized carbons (Fsp3) is 0.486. The van der Waals surface area contributed by atoms with Crippen molar-refractivity contribution in [2.45, 2.75) is 59.0 Å². The van der Waals surface area contributed by atoms with Gasteiger partial charge in [-0.25, -0.2) is 24.2 Å². The summed E-state index contributed by atoms with van der Waals surface area (Å²) in [5.41, 5.74) is 2.43. The molecule has 0 saturated carbocycles. The Hall–Kier alpha value is -4.27. The molecule has 0 unspecified atom stereocenters. The highest BCUT2D eigenvalue weighted by Crippen LogP contribution is 2.35. The number of aryl methyl sites for hydroxylation is 1. The lowest BCUT2D eigenvalue weighted by atomic mass is 10.0. The van der Waals surface area contributed by atoms with Crippen LogP contribution in [0.2, 0.25) is 0 Å². The van der Waals surface area contributed by atoms with Crippen LogP contribution in [0.15, 0.2) is 55.1 Å². The van der Waals surface area contributed by atoms with E-state index in [2.05, 4.69) is 44.2 Å². The van der Waals surface area contributed by atoms with E-state index < -0.39 is 33.6 Å². The lowest BCUT2D eigenvalue weighted by molar-refractivity contribution is -0.135. The molecule has 1 aromatic carbocycles. The number of nitrogens with zero attached hydrogens (tertiary/aromatic N) is 6. The van der Waals surface area contributed by atoms with Crippen molar-refractivity contribution in [3.05, 3.63) is 77.6 Å². The summed E-state index contributed by atoms with van der Waals surface area (Å²) in [7, 11) is -0.657. The van der Waals surface area contributed by atoms with Gasteiger partial charge in [-0.3, -0.25) is 9.69 Å². The molecule has 3 aromatic heterocycles. The van der Waals surface area contributed by atoms with Gasteiger partial charge in [0.25, 0.3) is 0 Å². The molecule has 51 heavy (non-hydrogen) atoms. The number of amides is 2. The van der Waals surface area contributed by atoms with Crippen LogP contribution in [0.25, 0.3) is 11.0 Å². The van der Waals surface area contributed by atoms with Crippen molar-refractivity contribution >= 4 is 33.1 Å². The van der Waals surface area contributed by atoms with E-state index in [-0.39, 0.29) is 18.1 Å².